The van der Waals surface area contributed by atoms with Crippen LogP contribution in [0.5, 0.6) is 0 Å². The summed E-state index contributed by atoms with van der Waals surface area (Å²) in [5.74, 6) is -0.610. The van der Waals surface area contributed by atoms with Crippen LogP contribution in [0.4, 0.5) is 17.6 Å². The Morgan fingerprint density at radius 1 is 1.32 bits per heavy atom. The van der Waals surface area contributed by atoms with Crippen LogP contribution in [0.3, 0.4) is 0 Å². The van der Waals surface area contributed by atoms with Crippen molar-refractivity contribution >= 4 is 0 Å². The molecule has 0 amide bonds. The van der Waals surface area contributed by atoms with E-state index in [9.17, 15) is 17.6 Å². The number of rotatable bonds is 1. The minimum absolute atomic E-state index is 0.0618. The summed E-state index contributed by atoms with van der Waals surface area (Å²) in [7, 11) is 1.00. The van der Waals surface area contributed by atoms with Gasteiger partial charge in [-0.25, -0.2) is 4.39 Å². The molecular weight excluding hydrogens is 266 g/mol. The van der Waals surface area contributed by atoms with E-state index in [0.29, 0.717) is 0 Å². The second kappa shape index (κ2) is 5.85. The first-order chi connectivity index (χ1) is 8.83. The number of alkyl halides is 3. The summed E-state index contributed by atoms with van der Waals surface area (Å²) in [6, 6.07) is 5.55. The predicted octanol–water partition coefficient (Wildman–Crippen LogP) is 1.94. The van der Waals surface area contributed by atoms with Crippen LogP contribution in [-0.4, -0.2) is 31.1 Å². The molecule has 1 heterocycles. The zero-order chi connectivity index (χ0) is 14.7. The minimum atomic E-state index is -4.47. The Hall–Kier alpha value is -1.18. The Bertz CT molecular complexity index is 424. The maximum absolute atomic E-state index is 13.5. The Balaban J connectivity index is 0.000000861. The van der Waals surface area contributed by atoms with Crippen molar-refractivity contribution < 1.29 is 27.4 Å². The Morgan fingerprint density at radius 2 is 1.89 bits per heavy atom. The molecule has 2 atom stereocenters. The van der Waals surface area contributed by atoms with Crippen molar-refractivity contribution in [3.8, 4) is 0 Å². The highest BCUT2D eigenvalue weighted by atomic mass is 19.4. The summed E-state index contributed by atoms with van der Waals surface area (Å²) in [6.07, 6.45) is -6.85. The summed E-state index contributed by atoms with van der Waals surface area (Å²) >= 11 is 0. The molecule has 1 saturated heterocycles. The second-order valence-corrected chi connectivity index (χ2v) is 4.18. The van der Waals surface area contributed by atoms with Crippen molar-refractivity contribution in [2.75, 3.05) is 13.7 Å². The van der Waals surface area contributed by atoms with Gasteiger partial charge in [-0.2, -0.15) is 13.2 Å². The first-order valence-electron chi connectivity index (χ1n) is 5.50. The third kappa shape index (κ3) is 3.43. The van der Waals surface area contributed by atoms with Gasteiger partial charge in [-0.05, 0) is 6.07 Å². The molecule has 0 spiro atoms. The summed E-state index contributed by atoms with van der Waals surface area (Å²) < 4.78 is 55.5. The van der Waals surface area contributed by atoms with Gasteiger partial charge in [0.2, 0.25) is 0 Å². The van der Waals surface area contributed by atoms with Crippen molar-refractivity contribution in [1.29, 1.82) is 0 Å². The highest BCUT2D eigenvalue weighted by Gasteiger charge is 2.51. The fraction of sp³-hybridized carbons (Fsp3) is 0.500. The molecule has 0 radical (unpaired) electrons. The Labute approximate surface area is 108 Å². The zero-order valence-corrected chi connectivity index (χ0v) is 10.2. The molecular formula is C12H15F4NO2. The largest absolute Gasteiger partial charge is 0.414 e. The van der Waals surface area contributed by atoms with E-state index in [-0.39, 0.29) is 12.2 Å². The highest BCUT2D eigenvalue weighted by Crippen LogP contribution is 2.39. The minimum Gasteiger partial charge on any atom is -0.400 e. The lowest BCUT2D eigenvalue weighted by molar-refractivity contribution is -0.206. The van der Waals surface area contributed by atoms with E-state index in [1.54, 1.807) is 0 Å². The quantitative estimate of drug-likeness (QED) is 0.773. The lowest BCUT2D eigenvalue weighted by Gasteiger charge is -2.23. The molecule has 1 aliphatic rings. The number of halogens is 4. The molecule has 2 rings (SSSR count). The smallest absolute Gasteiger partial charge is 0.400 e. The van der Waals surface area contributed by atoms with Crippen LogP contribution in [0.25, 0.3) is 0 Å². The van der Waals surface area contributed by atoms with E-state index in [0.717, 1.165) is 7.11 Å². The monoisotopic (exact) mass is 281 g/mol. The van der Waals surface area contributed by atoms with E-state index >= 15 is 0 Å². The van der Waals surface area contributed by atoms with Crippen LogP contribution in [0, 0.1) is 5.82 Å². The number of benzene rings is 1. The number of aliphatic hydroxyl groups is 1. The molecule has 0 aliphatic carbocycles. The number of nitrogens with two attached hydrogens (primary N) is 1. The van der Waals surface area contributed by atoms with E-state index in [1.807, 2.05) is 0 Å². The van der Waals surface area contributed by atoms with Crippen LogP contribution < -0.4 is 5.73 Å². The molecule has 3 N–H and O–H groups in total. The van der Waals surface area contributed by atoms with Crippen LogP contribution >= 0.6 is 0 Å². The van der Waals surface area contributed by atoms with E-state index in [2.05, 4.69) is 4.74 Å². The second-order valence-electron chi connectivity index (χ2n) is 4.18. The molecule has 7 heteroatoms. The maximum Gasteiger partial charge on any atom is 0.414 e. The Kier molecular flexibility index (Phi) is 4.89. The van der Waals surface area contributed by atoms with Crippen molar-refractivity contribution in [3.05, 3.63) is 35.6 Å². The topological polar surface area (TPSA) is 55.5 Å². The molecule has 19 heavy (non-hydrogen) atoms. The molecule has 1 fully saturated rings. The lowest BCUT2D eigenvalue weighted by atomic mass is 9.88. The molecule has 0 saturated carbocycles. The third-order valence-electron chi connectivity index (χ3n) is 2.87. The summed E-state index contributed by atoms with van der Waals surface area (Å²) in [5, 5.41) is 7.00. The highest BCUT2D eigenvalue weighted by molar-refractivity contribution is 5.27. The van der Waals surface area contributed by atoms with Crippen LogP contribution in [0.1, 0.15) is 12.0 Å². The summed E-state index contributed by atoms with van der Waals surface area (Å²) in [5.41, 5.74) is 4.45. The first kappa shape index (κ1) is 15.9. The average Bonchev–Trinajstić information content (AvgIpc) is 2.76. The van der Waals surface area contributed by atoms with Crippen LogP contribution in [0.2, 0.25) is 0 Å². The molecule has 0 unspecified atom stereocenters. The van der Waals surface area contributed by atoms with Gasteiger partial charge in [-0.15, -0.1) is 0 Å². The fourth-order valence-corrected chi connectivity index (χ4v) is 1.96. The van der Waals surface area contributed by atoms with Crippen LogP contribution in [-0.2, 0) is 10.3 Å². The summed E-state index contributed by atoms with van der Waals surface area (Å²) in [4.78, 5) is 0. The van der Waals surface area contributed by atoms with Gasteiger partial charge in [-0.3, -0.25) is 0 Å². The molecule has 1 aromatic carbocycles. The van der Waals surface area contributed by atoms with Crippen molar-refractivity contribution in [2.45, 2.75) is 24.2 Å². The van der Waals surface area contributed by atoms with Gasteiger partial charge >= 0.3 is 6.18 Å². The van der Waals surface area contributed by atoms with Crippen molar-refractivity contribution in [1.82, 2.24) is 0 Å². The summed E-state index contributed by atoms with van der Waals surface area (Å²) in [6.45, 7) is -0.335. The number of hydrogen-bond acceptors (Lipinski definition) is 3. The van der Waals surface area contributed by atoms with Gasteiger partial charge in [0, 0.05) is 19.1 Å². The van der Waals surface area contributed by atoms with Crippen LogP contribution in [0.15, 0.2) is 24.3 Å². The standard InChI is InChI=1S/C11H11F4NO.CH4O/c12-8-4-2-1-3-7(8)10(16)5-9(17-6-10)11(13,14)15;1-2/h1-4,9H,5-6,16H2;2H,1H3/t9-,10+;/m0./s1. The predicted molar refractivity (Wildman–Crippen MR) is 60.8 cm³/mol. The maximum atomic E-state index is 13.5. The average molecular weight is 281 g/mol. The SMILES string of the molecule is CO.N[C@@]1(c2ccccc2F)CO[C@H](C(F)(F)F)C1. The van der Waals surface area contributed by atoms with E-state index in [1.165, 1.54) is 24.3 Å². The van der Waals surface area contributed by atoms with Gasteiger partial charge < -0.3 is 15.6 Å². The van der Waals surface area contributed by atoms with Gasteiger partial charge in [-0.1, -0.05) is 18.2 Å². The molecule has 1 aromatic rings. The normalized spacial score (nSPS) is 26.8. The Morgan fingerprint density at radius 3 is 2.37 bits per heavy atom. The number of hydrogen-bond donors (Lipinski definition) is 2. The van der Waals surface area contributed by atoms with Gasteiger partial charge in [0.15, 0.2) is 6.10 Å². The van der Waals surface area contributed by atoms with E-state index in [4.69, 9.17) is 10.8 Å². The zero-order valence-electron chi connectivity index (χ0n) is 10.2. The fourth-order valence-electron chi connectivity index (χ4n) is 1.96. The number of ether oxygens (including phenoxy) is 1. The molecule has 0 aromatic heterocycles. The third-order valence-corrected chi connectivity index (χ3v) is 2.87. The first-order valence-corrected chi connectivity index (χ1v) is 5.50. The number of aliphatic hydroxyl groups excluding tert-OH is 1. The van der Waals surface area contributed by atoms with Gasteiger partial charge in [0.25, 0.3) is 0 Å². The molecule has 1 aliphatic heterocycles. The van der Waals surface area contributed by atoms with Crippen molar-refractivity contribution in [3.63, 3.8) is 0 Å². The van der Waals surface area contributed by atoms with Gasteiger partial charge in [0.1, 0.15) is 5.82 Å². The lowest BCUT2D eigenvalue weighted by Crippen LogP contribution is -2.39. The van der Waals surface area contributed by atoms with Crippen molar-refractivity contribution in [2.24, 2.45) is 5.73 Å². The van der Waals surface area contributed by atoms with E-state index < -0.39 is 30.1 Å². The molecule has 0 bridgehead atoms. The van der Waals surface area contributed by atoms with Gasteiger partial charge in [0.05, 0.1) is 12.1 Å². The molecule has 3 nitrogen and oxygen atoms in total. The molecule has 108 valence electrons.